The van der Waals surface area contributed by atoms with Gasteiger partial charge in [0.1, 0.15) is 5.75 Å². The number of benzene rings is 3. The van der Waals surface area contributed by atoms with Gasteiger partial charge < -0.3 is 9.64 Å². The Morgan fingerprint density at radius 3 is 2.41 bits per heavy atom. The molecule has 5 heteroatoms. The van der Waals surface area contributed by atoms with Crippen molar-refractivity contribution in [2.24, 2.45) is 0 Å². The third-order valence-electron chi connectivity index (χ3n) is 5.25. The Hall–Kier alpha value is -3.81. The third-order valence-corrected chi connectivity index (χ3v) is 5.50. The quantitative estimate of drug-likeness (QED) is 0.319. The van der Waals surface area contributed by atoms with Crippen molar-refractivity contribution in [3.05, 3.63) is 99.6 Å². The van der Waals surface area contributed by atoms with Crippen LogP contribution in [-0.4, -0.2) is 25.8 Å². The molecule has 4 rings (SSSR count). The molecule has 0 aromatic heterocycles. The number of anilines is 1. The molecule has 32 heavy (non-hydrogen) atoms. The second-order valence-corrected chi connectivity index (χ2v) is 7.80. The Kier molecular flexibility index (Phi) is 6.11. The SMILES string of the molecule is COc1ccc(CC#Cc2ccc3c(c2)C(=O)C(=Cc2ccc(Cl)cc2)C(=O)N3C)cc1. The summed E-state index contributed by atoms with van der Waals surface area (Å²) >= 11 is 5.93. The number of fused-ring (bicyclic) bond motifs is 1. The van der Waals surface area contributed by atoms with E-state index in [1.54, 1.807) is 56.6 Å². The molecule has 0 saturated heterocycles. The number of carbonyl (C=O) groups excluding carboxylic acids is 2. The molecule has 0 saturated carbocycles. The van der Waals surface area contributed by atoms with Crippen molar-refractivity contribution in [2.75, 3.05) is 19.1 Å². The van der Waals surface area contributed by atoms with Gasteiger partial charge >= 0.3 is 0 Å². The fraction of sp³-hybridized carbons (Fsp3) is 0.111. The molecule has 1 amide bonds. The average molecular weight is 442 g/mol. The number of likely N-dealkylation sites (N-methyl/N-ethyl adjacent to an activating group) is 1. The first-order chi connectivity index (χ1) is 15.5. The van der Waals surface area contributed by atoms with Crippen molar-refractivity contribution in [3.8, 4) is 17.6 Å². The molecule has 0 unspecified atom stereocenters. The lowest BCUT2D eigenvalue weighted by Crippen LogP contribution is -2.36. The maximum absolute atomic E-state index is 13.2. The van der Waals surface area contributed by atoms with Crippen molar-refractivity contribution < 1.29 is 14.3 Å². The molecule has 0 aliphatic carbocycles. The predicted molar refractivity (Wildman–Crippen MR) is 127 cm³/mol. The van der Waals surface area contributed by atoms with Crippen LogP contribution in [0.3, 0.4) is 0 Å². The highest BCUT2D eigenvalue weighted by Gasteiger charge is 2.32. The second kappa shape index (κ2) is 9.13. The zero-order chi connectivity index (χ0) is 22.7. The summed E-state index contributed by atoms with van der Waals surface area (Å²) in [7, 11) is 3.30. The van der Waals surface area contributed by atoms with E-state index in [0.717, 1.165) is 22.4 Å². The molecule has 158 valence electrons. The second-order valence-electron chi connectivity index (χ2n) is 7.36. The van der Waals surface area contributed by atoms with E-state index in [1.165, 1.54) is 4.90 Å². The minimum Gasteiger partial charge on any atom is -0.497 e. The maximum atomic E-state index is 13.2. The van der Waals surface area contributed by atoms with E-state index in [9.17, 15) is 9.59 Å². The van der Waals surface area contributed by atoms with Crippen LogP contribution in [0, 0.1) is 11.8 Å². The lowest BCUT2D eigenvalue weighted by molar-refractivity contribution is -0.114. The van der Waals surface area contributed by atoms with Crippen molar-refractivity contribution in [3.63, 3.8) is 0 Å². The Bertz CT molecular complexity index is 1280. The number of halogens is 1. The summed E-state index contributed by atoms with van der Waals surface area (Å²) in [5, 5.41) is 0.591. The number of ether oxygens (including phenoxy) is 1. The zero-order valence-electron chi connectivity index (χ0n) is 17.7. The molecule has 3 aromatic rings. The van der Waals surface area contributed by atoms with Crippen LogP contribution in [0.2, 0.25) is 5.02 Å². The smallest absolute Gasteiger partial charge is 0.262 e. The first-order valence-electron chi connectivity index (χ1n) is 10.0. The third kappa shape index (κ3) is 4.44. The van der Waals surface area contributed by atoms with Gasteiger partial charge in [-0.25, -0.2) is 0 Å². The molecule has 0 fully saturated rings. The van der Waals surface area contributed by atoms with Crippen LogP contribution in [0.15, 0.2) is 72.3 Å². The van der Waals surface area contributed by atoms with Gasteiger partial charge in [-0.2, -0.15) is 0 Å². The Balaban J connectivity index is 1.61. The fourth-order valence-corrected chi connectivity index (χ4v) is 3.59. The minimum absolute atomic E-state index is 0.116. The van der Waals surface area contributed by atoms with Gasteiger partial charge in [0.15, 0.2) is 0 Å². The van der Waals surface area contributed by atoms with E-state index in [1.807, 2.05) is 30.3 Å². The molecule has 0 N–H and O–H groups in total. The van der Waals surface area contributed by atoms with Crippen LogP contribution in [-0.2, 0) is 11.2 Å². The number of hydrogen-bond donors (Lipinski definition) is 0. The molecule has 1 aliphatic rings. The molecular weight excluding hydrogens is 422 g/mol. The lowest BCUT2D eigenvalue weighted by atomic mass is 9.92. The summed E-state index contributed by atoms with van der Waals surface area (Å²) in [5.41, 5.74) is 3.69. The molecule has 0 atom stereocenters. The molecule has 0 spiro atoms. The van der Waals surface area contributed by atoms with Gasteiger partial charge in [-0.1, -0.05) is 47.7 Å². The van der Waals surface area contributed by atoms with Gasteiger partial charge in [-0.3, -0.25) is 9.59 Å². The Morgan fingerprint density at radius 2 is 1.72 bits per heavy atom. The van der Waals surface area contributed by atoms with Gasteiger partial charge in [0, 0.05) is 29.6 Å². The van der Waals surface area contributed by atoms with E-state index >= 15 is 0 Å². The molecule has 1 heterocycles. The summed E-state index contributed by atoms with van der Waals surface area (Å²) in [6, 6.07) is 20.1. The van der Waals surface area contributed by atoms with E-state index in [2.05, 4.69) is 11.8 Å². The van der Waals surface area contributed by atoms with Crippen LogP contribution in [0.5, 0.6) is 5.75 Å². The first-order valence-corrected chi connectivity index (χ1v) is 10.4. The topological polar surface area (TPSA) is 46.6 Å². The molecule has 0 bridgehead atoms. The van der Waals surface area contributed by atoms with E-state index in [-0.39, 0.29) is 17.3 Å². The van der Waals surface area contributed by atoms with Gasteiger partial charge in [-0.15, -0.1) is 0 Å². The molecular formula is C27H20ClNO3. The number of Topliss-reactive ketones (excluding diaryl/α,β-unsaturated/α-hetero) is 1. The number of amides is 1. The zero-order valence-corrected chi connectivity index (χ0v) is 18.4. The van der Waals surface area contributed by atoms with Gasteiger partial charge in [0.2, 0.25) is 5.78 Å². The number of hydrogen-bond acceptors (Lipinski definition) is 3. The van der Waals surface area contributed by atoms with Crippen LogP contribution in [0.1, 0.15) is 27.0 Å². The van der Waals surface area contributed by atoms with Crippen molar-refractivity contribution in [1.82, 2.24) is 0 Å². The van der Waals surface area contributed by atoms with Gasteiger partial charge in [0.25, 0.3) is 5.91 Å². The van der Waals surface area contributed by atoms with Crippen LogP contribution >= 0.6 is 11.6 Å². The highest BCUT2D eigenvalue weighted by atomic mass is 35.5. The first kappa shape index (κ1) is 21.4. The molecule has 0 radical (unpaired) electrons. The van der Waals surface area contributed by atoms with Crippen molar-refractivity contribution in [1.29, 1.82) is 0 Å². The monoisotopic (exact) mass is 441 g/mol. The minimum atomic E-state index is -0.337. The van der Waals surface area contributed by atoms with E-state index in [0.29, 0.717) is 22.7 Å². The van der Waals surface area contributed by atoms with Gasteiger partial charge in [-0.05, 0) is 59.7 Å². The predicted octanol–water partition coefficient (Wildman–Crippen LogP) is 5.19. The van der Waals surface area contributed by atoms with Crippen LogP contribution in [0.4, 0.5) is 5.69 Å². The number of rotatable bonds is 3. The number of methoxy groups -OCH3 is 1. The highest BCUT2D eigenvalue weighted by Crippen LogP contribution is 2.31. The van der Waals surface area contributed by atoms with E-state index < -0.39 is 0 Å². The number of nitrogens with zero attached hydrogens (tertiary/aromatic N) is 1. The Morgan fingerprint density at radius 1 is 1.00 bits per heavy atom. The summed E-state index contributed by atoms with van der Waals surface area (Å²) in [4.78, 5) is 27.4. The summed E-state index contributed by atoms with van der Waals surface area (Å²) in [6.07, 6.45) is 2.18. The summed E-state index contributed by atoms with van der Waals surface area (Å²) in [5.74, 6) is 6.42. The number of carbonyl (C=O) groups is 2. The molecule has 1 aliphatic heterocycles. The van der Waals surface area contributed by atoms with E-state index in [4.69, 9.17) is 16.3 Å². The highest BCUT2D eigenvalue weighted by molar-refractivity contribution is 6.36. The van der Waals surface area contributed by atoms with Crippen LogP contribution in [0.25, 0.3) is 6.08 Å². The molecule has 4 nitrogen and oxygen atoms in total. The molecule has 3 aromatic carbocycles. The largest absolute Gasteiger partial charge is 0.497 e. The average Bonchev–Trinajstić information content (AvgIpc) is 2.82. The maximum Gasteiger partial charge on any atom is 0.262 e. The summed E-state index contributed by atoms with van der Waals surface area (Å²) < 4.78 is 5.17. The van der Waals surface area contributed by atoms with Crippen molar-refractivity contribution >= 4 is 35.1 Å². The van der Waals surface area contributed by atoms with Crippen molar-refractivity contribution in [2.45, 2.75) is 6.42 Å². The standard InChI is InChI=1S/C27H20ClNO3/c1-29-25-15-10-19(5-3-4-18-8-13-22(32-2)14-9-18)16-23(25)26(30)24(27(29)31)17-20-6-11-21(28)12-7-20/h6-17H,4H2,1-2H3. The number of ketones is 1. The summed E-state index contributed by atoms with van der Waals surface area (Å²) in [6.45, 7) is 0. The Labute approximate surface area is 192 Å². The lowest BCUT2D eigenvalue weighted by Gasteiger charge is -2.26. The van der Waals surface area contributed by atoms with Crippen LogP contribution < -0.4 is 9.64 Å². The van der Waals surface area contributed by atoms with Gasteiger partial charge in [0.05, 0.1) is 18.4 Å². The fourth-order valence-electron chi connectivity index (χ4n) is 3.47. The normalized spacial score (nSPS) is 14.1.